The molecule has 1 fully saturated rings. The summed E-state index contributed by atoms with van der Waals surface area (Å²) in [4.78, 5) is 2.52. The van der Waals surface area contributed by atoms with Gasteiger partial charge in [-0.3, -0.25) is 0 Å². The van der Waals surface area contributed by atoms with E-state index in [-0.39, 0.29) is 4.90 Å². The average molecular weight is 674 g/mol. The van der Waals surface area contributed by atoms with Crippen LogP contribution in [-0.4, -0.2) is 55.1 Å². The maximum Gasteiger partial charge on any atom is 0.177 e. The fraction of sp³-hybridized carbons (Fsp3) is 0.268. The number of fused-ring (bicyclic) bond motifs is 6. The Labute approximate surface area is 288 Å². The van der Waals surface area contributed by atoms with Crippen LogP contribution in [0.5, 0.6) is 11.5 Å². The van der Waals surface area contributed by atoms with Crippen molar-refractivity contribution < 1.29 is 17.9 Å². The molecule has 49 heavy (non-hydrogen) atoms. The third kappa shape index (κ3) is 6.76. The van der Waals surface area contributed by atoms with Crippen LogP contribution in [0.15, 0.2) is 102 Å². The molecule has 0 atom stereocenters. The Bertz CT molecular complexity index is 2260. The highest BCUT2D eigenvalue weighted by Crippen LogP contribution is 2.38. The lowest BCUT2D eigenvalue weighted by Crippen LogP contribution is -2.43. The first-order valence-corrected chi connectivity index (χ1v) is 18.9. The summed E-state index contributed by atoms with van der Waals surface area (Å²) in [6, 6.07) is 33.1. The quantitative estimate of drug-likeness (QED) is 0.172. The molecule has 0 spiro atoms. The van der Waals surface area contributed by atoms with Gasteiger partial charge in [0.05, 0.1) is 24.8 Å². The Hall–Kier alpha value is -4.79. The first-order chi connectivity index (χ1) is 23.8. The number of sulfone groups is 1. The van der Waals surface area contributed by atoms with Gasteiger partial charge >= 0.3 is 0 Å². The van der Waals surface area contributed by atoms with E-state index in [1.165, 1.54) is 53.5 Å². The summed E-state index contributed by atoms with van der Waals surface area (Å²) in [5.74, 6) is 1.26. The van der Waals surface area contributed by atoms with E-state index in [0.29, 0.717) is 17.2 Å². The number of hydrogen-bond acceptors (Lipinski definition) is 7. The molecule has 1 aliphatic carbocycles. The second kappa shape index (κ2) is 14.0. The van der Waals surface area contributed by atoms with Crippen LogP contribution in [-0.2, 0) is 22.7 Å². The molecule has 0 amide bonds. The lowest BCUT2D eigenvalue weighted by Gasteiger charge is -2.30. The number of aryl methyl sites for hydroxylation is 2. The SMILES string of the molecule is COc1cc2cccc(Nc3cc(N4CCNCC4)ccc3S(C)(=O)=O)c2cc1OC.c1ccc2c(c1)ccc1c3c(ccc12)CCCC3. The van der Waals surface area contributed by atoms with Gasteiger partial charge in [0, 0.05) is 49.2 Å². The van der Waals surface area contributed by atoms with Crippen LogP contribution in [0.2, 0.25) is 0 Å². The summed E-state index contributed by atoms with van der Waals surface area (Å²) in [7, 11) is -0.217. The molecule has 0 aromatic heterocycles. The molecule has 6 aromatic carbocycles. The molecular formula is C41H43N3O4S. The van der Waals surface area contributed by atoms with Gasteiger partial charge in [-0.15, -0.1) is 0 Å². The number of nitrogens with zero attached hydrogens (tertiary/aromatic N) is 1. The lowest BCUT2D eigenvalue weighted by molar-refractivity contribution is 0.356. The zero-order chi connectivity index (χ0) is 34.0. The van der Waals surface area contributed by atoms with Gasteiger partial charge in [-0.2, -0.15) is 0 Å². The van der Waals surface area contributed by atoms with Crippen molar-refractivity contribution in [3.8, 4) is 11.5 Å². The first-order valence-electron chi connectivity index (χ1n) is 17.0. The highest BCUT2D eigenvalue weighted by molar-refractivity contribution is 7.90. The summed E-state index contributed by atoms with van der Waals surface area (Å²) in [5, 5.41) is 14.2. The smallest absolute Gasteiger partial charge is 0.177 e. The van der Waals surface area contributed by atoms with Gasteiger partial charge in [0.25, 0.3) is 0 Å². The number of methoxy groups -OCH3 is 2. The van der Waals surface area contributed by atoms with Gasteiger partial charge in [0.2, 0.25) is 0 Å². The van der Waals surface area contributed by atoms with Crippen molar-refractivity contribution in [2.45, 2.75) is 30.6 Å². The standard InChI is InChI=1S/C23H27N3O4S.C18H16/c1-29-21-13-16-5-4-6-19(18(16)15-22(21)30-2)25-20-14-17(26-11-9-24-10-12-26)7-8-23(20)31(3,27)28;1-3-7-15-13(5-1)9-11-18-16-8-4-2-6-14(16)10-12-17(15)18/h4-8,13-15,24-25H,9-12H2,1-3H3;1,3,5,7,9-12H,2,4,6,8H2. The fourth-order valence-corrected chi connectivity index (χ4v) is 8.08. The van der Waals surface area contributed by atoms with E-state index in [2.05, 4.69) is 64.1 Å². The molecule has 0 radical (unpaired) electrons. The van der Waals surface area contributed by atoms with Crippen LogP contribution in [0.25, 0.3) is 32.3 Å². The van der Waals surface area contributed by atoms with E-state index in [9.17, 15) is 8.42 Å². The number of nitrogens with one attached hydrogen (secondary N) is 2. The Kier molecular flexibility index (Phi) is 9.34. The molecule has 8 rings (SSSR count). The van der Waals surface area contributed by atoms with Crippen molar-refractivity contribution in [2.75, 3.05) is 56.9 Å². The van der Waals surface area contributed by atoms with Gasteiger partial charge in [-0.05, 0) is 100 Å². The Morgan fingerprint density at radius 2 is 1.41 bits per heavy atom. The second-order valence-corrected chi connectivity index (χ2v) is 14.8. The zero-order valence-corrected chi connectivity index (χ0v) is 29.2. The predicted octanol–water partition coefficient (Wildman–Crippen LogP) is 8.29. The fourth-order valence-electron chi connectivity index (χ4n) is 7.26. The minimum Gasteiger partial charge on any atom is -0.493 e. The monoisotopic (exact) mass is 673 g/mol. The number of ether oxygens (including phenoxy) is 2. The summed E-state index contributed by atoms with van der Waals surface area (Å²) < 4.78 is 35.8. The van der Waals surface area contributed by atoms with Gasteiger partial charge in [0.1, 0.15) is 0 Å². The predicted molar refractivity (Wildman–Crippen MR) is 203 cm³/mol. The van der Waals surface area contributed by atoms with Crippen molar-refractivity contribution >= 4 is 59.2 Å². The molecule has 6 aromatic rings. The Balaban J connectivity index is 0.000000176. The highest BCUT2D eigenvalue weighted by atomic mass is 32.2. The molecule has 2 aliphatic rings. The van der Waals surface area contributed by atoms with Crippen LogP contribution in [0, 0.1) is 0 Å². The lowest BCUT2D eigenvalue weighted by atomic mass is 9.86. The molecule has 0 bridgehead atoms. The normalized spacial score (nSPS) is 14.6. The van der Waals surface area contributed by atoms with Gasteiger partial charge < -0.3 is 25.0 Å². The molecule has 1 heterocycles. The highest BCUT2D eigenvalue weighted by Gasteiger charge is 2.19. The molecule has 1 aliphatic heterocycles. The van der Waals surface area contributed by atoms with E-state index < -0.39 is 9.84 Å². The van der Waals surface area contributed by atoms with Crippen molar-refractivity contribution in [3.05, 3.63) is 108 Å². The molecule has 1 saturated heterocycles. The topological polar surface area (TPSA) is 79.9 Å². The maximum absolute atomic E-state index is 12.5. The van der Waals surface area contributed by atoms with E-state index in [4.69, 9.17) is 9.47 Å². The summed E-state index contributed by atoms with van der Waals surface area (Å²) in [6.07, 6.45) is 6.45. The van der Waals surface area contributed by atoms with Crippen molar-refractivity contribution in [3.63, 3.8) is 0 Å². The molecule has 2 N–H and O–H groups in total. The number of hydrogen-bond donors (Lipinski definition) is 2. The van der Waals surface area contributed by atoms with Crippen molar-refractivity contribution in [1.29, 1.82) is 0 Å². The number of anilines is 3. The molecule has 0 unspecified atom stereocenters. The van der Waals surface area contributed by atoms with Crippen LogP contribution in [0.4, 0.5) is 17.1 Å². The molecule has 252 valence electrons. The van der Waals surface area contributed by atoms with Crippen LogP contribution in [0.1, 0.15) is 24.0 Å². The third-order valence-corrected chi connectivity index (χ3v) is 10.9. The van der Waals surface area contributed by atoms with Crippen molar-refractivity contribution in [1.82, 2.24) is 5.32 Å². The molecule has 8 heteroatoms. The minimum absolute atomic E-state index is 0.267. The molecular weight excluding hydrogens is 631 g/mol. The van der Waals surface area contributed by atoms with Crippen LogP contribution in [0.3, 0.4) is 0 Å². The number of piperazine rings is 1. The maximum atomic E-state index is 12.5. The average Bonchev–Trinajstić information content (AvgIpc) is 3.14. The molecule has 7 nitrogen and oxygen atoms in total. The van der Waals surface area contributed by atoms with Gasteiger partial charge in [0.15, 0.2) is 21.3 Å². The van der Waals surface area contributed by atoms with E-state index in [1.54, 1.807) is 31.4 Å². The largest absolute Gasteiger partial charge is 0.493 e. The Morgan fingerprint density at radius 3 is 2.20 bits per heavy atom. The summed E-state index contributed by atoms with van der Waals surface area (Å²) >= 11 is 0. The number of rotatable bonds is 6. The second-order valence-electron chi connectivity index (χ2n) is 12.8. The van der Waals surface area contributed by atoms with Crippen LogP contribution >= 0.6 is 0 Å². The zero-order valence-electron chi connectivity index (χ0n) is 28.4. The molecule has 0 saturated carbocycles. The number of benzene rings is 6. The van der Waals surface area contributed by atoms with Crippen molar-refractivity contribution in [2.24, 2.45) is 0 Å². The minimum atomic E-state index is -3.42. The first kappa shape index (κ1) is 32.7. The van der Waals surface area contributed by atoms with Gasteiger partial charge in [-0.1, -0.05) is 60.7 Å². The van der Waals surface area contributed by atoms with E-state index in [1.807, 2.05) is 42.5 Å². The third-order valence-electron chi connectivity index (χ3n) is 9.76. The summed E-state index contributed by atoms with van der Waals surface area (Å²) in [5.41, 5.74) is 5.52. The van der Waals surface area contributed by atoms with Crippen LogP contribution < -0.4 is 25.0 Å². The van der Waals surface area contributed by atoms with E-state index >= 15 is 0 Å². The van der Waals surface area contributed by atoms with E-state index in [0.717, 1.165) is 48.3 Å². The summed E-state index contributed by atoms with van der Waals surface area (Å²) in [6.45, 7) is 3.56. The van der Waals surface area contributed by atoms with Gasteiger partial charge in [-0.25, -0.2) is 8.42 Å². The Morgan fingerprint density at radius 1 is 0.673 bits per heavy atom.